The van der Waals surface area contributed by atoms with E-state index in [9.17, 15) is 13.2 Å². The van der Waals surface area contributed by atoms with Gasteiger partial charge in [-0.2, -0.15) is 0 Å². The van der Waals surface area contributed by atoms with Crippen molar-refractivity contribution in [1.82, 2.24) is 9.71 Å². The minimum atomic E-state index is -3.81. The van der Waals surface area contributed by atoms with Crippen LogP contribution in [-0.4, -0.2) is 13.4 Å². The van der Waals surface area contributed by atoms with Crippen LogP contribution in [0.15, 0.2) is 52.4 Å². The summed E-state index contributed by atoms with van der Waals surface area (Å²) in [6.45, 7) is 4.34. The lowest BCUT2D eigenvalue weighted by molar-refractivity contribution is 0.580. The lowest BCUT2D eigenvalue weighted by atomic mass is 10.0. The van der Waals surface area contributed by atoms with Crippen molar-refractivity contribution in [1.29, 1.82) is 0 Å². The van der Waals surface area contributed by atoms with Crippen LogP contribution in [-0.2, 0) is 16.6 Å². The summed E-state index contributed by atoms with van der Waals surface area (Å²) in [4.78, 5) is 13.9. The van der Waals surface area contributed by atoms with Gasteiger partial charge in [0.05, 0.1) is 0 Å². The molecule has 6 heteroatoms. The number of aromatic amines is 1. The smallest absolute Gasteiger partial charge is 0.246 e. The molecule has 2 rings (SSSR count). The number of pyridine rings is 1. The van der Waals surface area contributed by atoms with Gasteiger partial charge in [0.15, 0.2) is 0 Å². The molecule has 0 aliphatic carbocycles. The van der Waals surface area contributed by atoms with Crippen LogP contribution in [0.4, 0.5) is 0 Å². The molecule has 5 nitrogen and oxygen atoms in total. The van der Waals surface area contributed by atoms with Gasteiger partial charge in [-0.3, -0.25) is 4.79 Å². The molecular weight excluding hydrogens is 288 g/mol. The van der Waals surface area contributed by atoms with E-state index >= 15 is 0 Å². The van der Waals surface area contributed by atoms with Crippen LogP contribution < -0.4 is 10.2 Å². The largest absolute Gasteiger partial charge is 0.366 e. The highest BCUT2D eigenvalue weighted by atomic mass is 32.2. The Morgan fingerprint density at radius 1 is 1.14 bits per heavy atom. The van der Waals surface area contributed by atoms with Gasteiger partial charge in [0, 0.05) is 25.0 Å². The quantitative estimate of drug-likeness (QED) is 0.886. The minimum Gasteiger partial charge on any atom is -0.366 e. The molecule has 1 aromatic heterocycles. The molecule has 0 unspecified atom stereocenters. The van der Waals surface area contributed by atoms with Gasteiger partial charge in [-0.05, 0) is 17.0 Å². The van der Waals surface area contributed by atoms with Crippen molar-refractivity contribution in [2.75, 3.05) is 0 Å². The lowest BCUT2D eigenvalue weighted by Crippen LogP contribution is -2.27. The molecule has 1 heterocycles. The molecule has 0 atom stereocenters. The van der Waals surface area contributed by atoms with Crippen LogP contribution >= 0.6 is 0 Å². The van der Waals surface area contributed by atoms with Gasteiger partial charge in [-0.15, -0.1) is 0 Å². The fraction of sp³-hybridized carbons (Fsp3) is 0.267. The second kappa shape index (κ2) is 6.24. The van der Waals surface area contributed by atoms with Crippen molar-refractivity contribution >= 4 is 10.0 Å². The fourth-order valence-electron chi connectivity index (χ4n) is 1.89. The molecule has 0 saturated heterocycles. The average molecular weight is 306 g/mol. The van der Waals surface area contributed by atoms with Gasteiger partial charge in [-0.25, -0.2) is 13.1 Å². The monoisotopic (exact) mass is 306 g/mol. The van der Waals surface area contributed by atoms with Crippen molar-refractivity contribution in [3.63, 3.8) is 0 Å². The Hall–Kier alpha value is -1.92. The first-order chi connectivity index (χ1) is 9.90. The van der Waals surface area contributed by atoms with Crippen molar-refractivity contribution in [3.8, 4) is 0 Å². The topological polar surface area (TPSA) is 79.0 Å². The Kier molecular flexibility index (Phi) is 4.59. The Labute approximate surface area is 124 Å². The molecule has 2 aromatic rings. The van der Waals surface area contributed by atoms with Crippen LogP contribution in [0.5, 0.6) is 0 Å². The highest BCUT2D eigenvalue weighted by Gasteiger charge is 2.17. The molecule has 2 N–H and O–H groups in total. The zero-order chi connectivity index (χ0) is 15.5. The molecule has 0 radical (unpaired) electrons. The Balaban J connectivity index is 2.12. The molecule has 0 fully saturated rings. The summed E-state index contributed by atoms with van der Waals surface area (Å²) < 4.78 is 26.6. The second-order valence-corrected chi connectivity index (χ2v) is 6.83. The third kappa shape index (κ3) is 3.80. The van der Waals surface area contributed by atoms with E-state index in [1.807, 2.05) is 24.3 Å². The number of hydrogen-bond acceptors (Lipinski definition) is 3. The highest BCUT2D eigenvalue weighted by Crippen LogP contribution is 2.14. The molecular formula is C15H18N2O3S. The normalized spacial score (nSPS) is 11.8. The summed E-state index contributed by atoms with van der Waals surface area (Å²) in [6.07, 6.45) is 2.58. The summed E-state index contributed by atoms with van der Waals surface area (Å²) in [5.74, 6) is 0.429. The maximum absolute atomic E-state index is 12.1. The van der Waals surface area contributed by atoms with E-state index in [-0.39, 0.29) is 11.4 Å². The summed E-state index contributed by atoms with van der Waals surface area (Å²) in [7, 11) is -3.81. The zero-order valence-corrected chi connectivity index (χ0v) is 12.8. The van der Waals surface area contributed by atoms with Crippen molar-refractivity contribution in [2.24, 2.45) is 0 Å². The predicted molar refractivity (Wildman–Crippen MR) is 81.6 cm³/mol. The maximum atomic E-state index is 12.1. The standard InChI is InChI=1S/C15H18N2O3S/c1-11(2)13-5-3-12(4-6-13)9-17-21(19,20)15-10-16-8-7-14(15)18/h3-8,10-11,17H,9H2,1-2H3,(H,16,18). The van der Waals surface area contributed by atoms with E-state index in [0.29, 0.717) is 5.92 Å². The number of benzene rings is 1. The van der Waals surface area contributed by atoms with Gasteiger partial charge in [-0.1, -0.05) is 38.1 Å². The van der Waals surface area contributed by atoms with E-state index in [0.717, 1.165) is 5.56 Å². The molecule has 0 saturated carbocycles. The number of H-pyrrole nitrogens is 1. The van der Waals surface area contributed by atoms with Crippen LogP contribution in [0, 0.1) is 0 Å². The number of nitrogens with one attached hydrogen (secondary N) is 2. The van der Waals surface area contributed by atoms with E-state index < -0.39 is 15.5 Å². The number of rotatable bonds is 5. The molecule has 112 valence electrons. The third-order valence-electron chi connectivity index (χ3n) is 3.19. The van der Waals surface area contributed by atoms with Crippen molar-refractivity contribution < 1.29 is 8.42 Å². The summed E-state index contributed by atoms with van der Waals surface area (Å²) >= 11 is 0. The van der Waals surface area contributed by atoms with E-state index in [1.165, 1.54) is 24.0 Å². The molecule has 0 spiro atoms. The van der Waals surface area contributed by atoms with E-state index in [1.54, 1.807) is 0 Å². The van der Waals surface area contributed by atoms with Gasteiger partial charge < -0.3 is 4.98 Å². The van der Waals surface area contributed by atoms with Crippen molar-refractivity contribution in [3.05, 3.63) is 64.1 Å². The maximum Gasteiger partial charge on any atom is 0.246 e. The van der Waals surface area contributed by atoms with Crippen LogP contribution in [0.1, 0.15) is 30.9 Å². The molecule has 0 bridgehead atoms. The first kappa shape index (κ1) is 15.5. The molecule has 1 aromatic carbocycles. The van der Waals surface area contributed by atoms with Gasteiger partial charge in [0.25, 0.3) is 0 Å². The first-order valence-electron chi connectivity index (χ1n) is 6.66. The van der Waals surface area contributed by atoms with Crippen LogP contribution in [0.25, 0.3) is 0 Å². The summed E-state index contributed by atoms with van der Waals surface area (Å²) in [5.41, 5.74) is 1.51. The average Bonchev–Trinajstić information content (AvgIpc) is 2.46. The fourth-order valence-corrected chi connectivity index (χ4v) is 2.96. The third-order valence-corrected chi connectivity index (χ3v) is 4.61. The van der Waals surface area contributed by atoms with Gasteiger partial charge in [0.1, 0.15) is 4.90 Å². The number of aromatic nitrogens is 1. The minimum absolute atomic E-state index is 0.148. The lowest BCUT2D eigenvalue weighted by Gasteiger charge is -2.08. The first-order valence-corrected chi connectivity index (χ1v) is 8.14. The second-order valence-electron chi connectivity index (χ2n) is 5.09. The Bertz CT molecular complexity index is 762. The van der Waals surface area contributed by atoms with Crippen LogP contribution in [0.3, 0.4) is 0 Å². The molecule has 0 amide bonds. The van der Waals surface area contributed by atoms with Gasteiger partial charge in [0.2, 0.25) is 15.5 Å². The number of hydrogen-bond donors (Lipinski definition) is 2. The highest BCUT2D eigenvalue weighted by molar-refractivity contribution is 7.89. The number of sulfonamides is 1. The van der Waals surface area contributed by atoms with Crippen molar-refractivity contribution in [2.45, 2.75) is 31.2 Å². The Morgan fingerprint density at radius 3 is 2.38 bits per heavy atom. The summed E-state index contributed by atoms with van der Waals surface area (Å²) in [5, 5.41) is 0. The molecule has 0 aliphatic heterocycles. The predicted octanol–water partition coefficient (Wildman–Crippen LogP) is 1.98. The van der Waals surface area contributed by atoms with E-state index in [2.05, 4.69) is 23.6 Å². The summed E-state index contributed by atoms with van der Waals surface area (Å²) in [6, 6.07) is 8.90. The van der Waals surface area contributed by atoms with Crippen LogP contribution in [0.2, 0.25) is 0 Å². The van der Waals surface area contributed by atoms with E-state index in [4.69, 9.17) is 0 Å². The molecule has 21 heavy (non-hydrogen) atoms. The Morgan fingerprint density at radius 2 is 1.81 bits per heavy atom. The SMILES string of the molecule is CC(C)c1ccc(CNS(=O)(=O)c2c[nH]ccc2=O)cc1. The van der Waals surface area contributed by atoms with Gasteiger partial charge >= 0.3 is 0 Å². The molecule has 0 aliphatic rings. The zero-order valence-electron chi connectivity index (χ0n) is 12.0.